The Balaban J connectivity index is 0.882. The second kappa shape index (κ2) is 17.0. The van der Waals surface area contributed by atoms with Crippen molar-refractivity contribution < 1.29 is 0 Å². The van der Waals surface area contributed by atoms with Gasteiger partial charge in [-0.3, -0.25) is 0 Å². The molecule has 0 saturated heterocycles. The quantitative estimate of drug-likeness (QED) is 0.275. The van der Waals surface area contributed by atoms with Crippen LogP contribution in [-0.4, -0.2) is 28.3 Å². The Hall–Kier alpha value is -3.27. The molecule has 65 heavy (non-hydrogen) atoms. The van der Waals surface area contributed by atoms with E-state index in [-0.39, 0.29) is 5.41 Å². The first-order valence-corrected chi connectivity index (χ1v) is 28.1. The summed E-state index contributed by atoms with van der Waals surface area (Å²) in [6, 6.07) is 13.0. The molecule has 0 radical (unpaired) electrons. The minimum atomic E-state index is 0.241. The molecule has 13 rings (SSSR count). The molecule has 3 heteroatoms. The second-order valence-electron chi connectivity index (χ2n) is 23.3. The maximum atomic E-state index is 4.87. The summed E-state index contributed by atoms with van der Waals surface area (Å²) in [5.41, 5.74) is 11.5. The maximum absolute atomic E-state index is 4.87. The highest BCUT2D eigenvalue weighted by Gasteiger charge is 2.72. The molecule has 0 amide bonds. The van der Waals surface area contributed by atoms with Crippen LogP contribution in [0.1, 0.15) is 140 Å². The van der Waals surface area contributed by atoms with Crippen LogP contribution < -0.4 is 5.32 Å². The lowest BCUT2D eigenvalue weighted by Gasteiger charge is -2.51. The van der Waals surface area contributed by atoms with E-state index in [0.29, 0.717) is 76.6 Å². The minimum Gasteiger partial charge on any atom is -0.342 e. The zero-order valence-corrected chi connectivity index (χ0v) is 40.3. The molecule has 1 aromatic rings. The molecule has 1 aliphatic heterocycles. The fraction of sp³-hybridized carbons (Fsp3) is 0.581. The van der Waals surface area contributed by atoms with Crippen LogP contribution in [0.25, 0.3) is 0 Å². The van der Waals surface area contributed by atoms with Gasteiger partial charge in [0.05, 0.1) is 0 Å². The lowest BCUT2D eigenvalue weighted by molar-refractivity contribution is 0.0231. The topological polar surface area (TPSA) is 15.3 Å². The Morgan fingerprint density at radius 1 is 0.754 bits per heavy atom. The summed E-state index contributed by atoms with van der Waals surface area (Å²) in [4.78, 5) is 4.68. The first kappa shape index (κ1) is 41.9. The Morgan fingerprint density at radius 3 is 2.54 bits per heavy atom. The van der Waals surface area contributed by atoms with Crippen molar-refractivity contribution in [1.29, 1.82) is 0 Å². The van der Waals surface area contributed by atoms with Gasteiger partial charge in [0.1, 0.15) is 0 Å². The number of nitrogens with zero attached hydrogens (tertiary/aromatic N) is 1. The molecular weight excluding hydrogens is 805 g/mol. The van der Waals surface area contributed by atoms with Gasteiger partial charge in [0, 0.05) is 40.7 Å². The Morgan fingerprint density at radius 2 is 1.63 bits per heavy atom. The van der Waals surface area contributed by atoms with E-state index in [4.69, 9.17) is 6.58 Å². The summed E-state index contributed by atoms with van der Waals surface area (Å²) in [7, 11) is 0. The van der Waals surface area contributed by atoms with Crippen molar-refractivity contribution in [3.63, 3.8) is 0 Å². The van der Waals surface area contributed by atoms with Crippen LogP contribution >= 0.6 is 11.8 Å². The molecule has 11 aliphatic carbocycles. The third-order valence-electron chi connectivity index (χ3n) is 20.3. The molecule has 340 valence electrons. The van der Waals surface area contributed by atoms with Crippen molar-refractivity contribution in [3.8, 4) is 0 Å². The number of allylic oxidation sites excluding steroid dienone is 15. The highest BCUT2D eigenvalue weighted by atomic mass is 32.2. The van der Waals surface area contributed by atoms with Crippen molar-refractivity contribution in [2.24, 2.45) is 64.6 Å². The van der Waals surface area contributed by atoms with Crippen molar-refractivity contribution in [1.82, 2.24) is 10.2 Å². The predicted molar refractivity (Wildman–Crippen MR) is 273 cm³/mol. The molecule has 0 bridgehead atoms. The minimum absolute atomic E-state index is 0.241. The number of hydrogen-bond donors (Lipinski definition) is 1. The highest BCUT2D eigenvalue weighted by molar-refractivity contribution is 8.04. The summed E-state index contributed by atoms with van der Waals surface area (Å²) < 4.78 is 0. The zero-order valence-electron chi connectivity index (χ0n) is 39.5. The summed E-state index contributed by atoms with van der Waals surface area (Å²) in [5, 5.41) is 5.22. The van der Waals surface area contributed by atoms with Crippen LogP contribution in [0.5, 0.6) is 0 Å². The first-order chi connectivity index (χ1) is 32.1. The van der Waals surface area contributed by atoms with Crippen molar-refractivity contribution >= 4 is 11.8 Å². The predicted octanol–water partition coefficient (Wildman–Crippen LogP) is 15.3. The normalized spacial score (nSPS) is 43.5. The van der Waals surface area contributed by atoms with E-state index in [1.807, 2.05) is 5.57 Å². The molecule has 3 saturated carbocycles. The van der Waals surface area contributed by atoms with Crippen molar-refractivity contribution in [2.75, 3.05) is 0 Å². The van der Waals surface area contributed by atoms with Crippen LogP contribution in [-0.2, 0) is 0 Å². The van der Waals surface area contributed by atoms with Gasteiger partial charge in [0.15, 0.2) is 0 Å². The van der Waals surface area contributed by atoms with E-state index in [1.165, 1.54) is 126 Å². The molecule has 1 aromatic carbocycles. The largest absolute Gasteiger partial charge is 0.342 e. The molecule has 3 fully saturated rings. The number of benzene rings is 1. The third kappa shape index (κ3) is 6.71. The van der Waals surface area contributed by atoms with E-state index < -0.39 is 0 Å². The fourth-order valence-electron chi connectivity index (χ4n) is 18.1. The first-order valence-electron chi connectivity index (χ1n) is 27.2. The van der Waals surface area contributed by atoms with Crippen LogP contribution in [0.15, 0.2) is 148 Å². The second-order valence-corrected chi connectivity index (χ2v) is 24.5. The van der Waals surface area contributed by atoms with Gasteiger partial charge >= 0.3 is 0 Å². The van der Waals surface area contributed by atoms with E-state index >= 15 is 0 Å². The van der Waals surface area contributed by atoms with Crippen molar-refractivity contribution in [3.05, 3.63) is 154 Å². The molecule has 16 atom stereocenters. The number of hydrogen-bond acceptors (Lipinski definition) is 3. The molecule has 12 aliphatic rings. The number of thioether (sulfide) groups is 1. The monoisotopic (exact) mass is 881 g/mol. The molecule has 1 N–H and O–H groups in total. The number of fused-ring (bicyclic) bond motifs is 12. The average Bonchev–Trinajstić information content (AvgIpc) is 4.10. The summed E-state index contributed by atoms with van der Waals surface area (Å²) in [6.45, 7) is 7.56. The van der Waals surface area contributed by atoms with Gasteiger partial charge in [-0.2, -0.15) is 0 Å². The van der Waals surface area contributed by atoms with Gasteiger partial charge < -0.3 is 10.2 Å². The Bertz CT molecular complexity index is 2330. The van der Waals surface area contributed by atoms with E-state index in [1.54, 1.807) is 21.7 Å². The standard InChI is InChI=1S/C62H76N2S/c1-39-18-15-28-51-59-49(47-24-10-13-31-55(47)63-56-32-17-27-50-48-25-11-14-33-58(48)65-61(50)56)26-16-30-53(59)62(60(39)51)52-29-12-9-23-45(52)46-35-34-44(38-54(46)62)64(43-21-7-4-8-22-43)57-37-42(36-40(57)2)41-19-5-3-6-20-41/h3-7,12,15-16,19-20,26-30,37-39,42-43,45-47,51-56,59-61,63H,2,8-11,13-14,17-18,21-25,31-36H2,1H3. The molecule has 16 unspecified atom stereocenters. The molecule has 2 nitrogen and oxygen atoms in total. The van der Waals surface area contributed by atoms with Gasteiger partial charge in [-0.1, -0.05) is 135 Å². The summed E-state index contributed by atoms with van der Waals surface area (Å²) in [6.07, 6.45) is 57.0. The Kier molecular flexibility index (Phi) is 11.0. The third-order valence-corrected chi connectivity index (χ3v) is 21.9. The molecular formula is C62H76N2S. The smallest absolute Gasteiger partial charge is 0.0494 e. The molecule has 1 heterocycles. The highest BCUT2D eigenvalue weighted by Crippen LogP contribution is 2.77. The zero-order chi connectivity index (χ0) is 43.2. The van der Waals surface area contributed by atoms with Crippen LogP contribution in [0.2, 0.25) is 0 Å². The van der Waals surface area contributed by atoms with Crippen molar-refractivity contribution in [2.45, 2.75) is 158 Å². The Labute approximate surface area is 396 Å². The van der Waals surface area contributed by atoms with Crippen LogP contribution in [0.3, 0.4) is 0 Å². The van der Waals surface area contributed by atoms with Gasteiger partial charge in [-0.05, 0) is 201 Å². The number of nitrogens with one attached hydrogen (secondary N) is 1. The van der Waals surface area contributed by atoms with E-state index in [0.717, 1.165) is 24.7 Å². The average molecular weight is 881 g/mol. The molecule has 0 aromatic heterocycles. The lowest BCUT2D eigenvalue weighted by Crippen LogP contribution is -2.50. The van der Waals surface area contributed by atoms with Gasteiger partial charge in [0.2, 0.25) is 0 Å². The SMILES string of the molecule is C=C1CC(c2ccccc2)C=C1N(C1=CC2C(CC1)C1CCC=CC1C21C2C=CC=C(C3CCCCC3NC3CCC=C4C5=C(CCCC5)SC43)C2C2C=CCC(C)C21)C1CC=CCC1. The van der Waals surface area contributed by atoms with Crippen LogP contribution in [0.4, 0.5) is 0 Å². The number of rotatable bonds is 7. The van der Waals surface area contributed by atoms with Gasteiger partial charge in [-0.15, -0.1) is 11.8 Å². The van der Waals surface area contributed by atoms with Crippen LogP contribution in [0, 0.1) is 64.6 Å². The maximum Gasteiger partial charge on any atom is 0.0494 e. The lowest BCUT2D eigenvalue weighted by atomic mass is 9.53. The summed E-state index contributed by atoms with van der Waals surface area (Å²) in [5.74, 6) is 7.16. The van der Waals surface area contributed by atoms with Gasteiger partial charge in [0.25, 0.3) is 0 Å². The van der Waals surface area contributed by atoms with E-state index in [9.17, 15) is 0 Å². The fourth-order valence-corrected chi connectivity index (χ4v) is 19.8. The van der Waals surface area contributed by atoms with Gasteiger partial charge in [-0.25, -0.2) is 0 Å². The van der Waals surface area contributed by atoms with E-state index in [2.05, 4.69) is 132 Å². The molecule has 1 spiro atoms. The summed E-state index contributed by atoms with van der Waals surface area (Å²) >= 11 is 2.28.